The third kappa shape index (κ3) is 4.63. The second-order valence-corrected chi connectivity index (χ2v) is 7.86. The van der Waals surface area contributed by atoms with Gasteiger partial charge >= 0.3 is 0 Å². The van der Waals surface area contributed by atoms with Crippen molar-refractivity contribution in [2.24, 2.45) is 0 Å². The van der Waals surface area contributed by atoms with Crippen molar-refractivity contribution in [1.29, 1.82) is 0 Å². The summed E-state index contributed by atoms with van der Waals surface area (Å²) in [4.78, 5) is 21.8. The Labute approximate surface area is 152 Å². The van der Waals surface area contributed by atoms with Crippen LogP contribution in [0.2, 0.25) is 0 Å². The van der Waals surface area contributed by atoms with Crippen LogP contribution in [-0.2, 0) is 11.3 Å². The molecular formula is C20H34N4O. The van der Waals surface area contributed by atoms with E-state index in [0.717, 1.165) is 32.5 Å². The Morgan fingerprint density at radius 2 is 2.08 bits per heavy atom. The van der Waals surface area contributed by atoms with Crippen molar-refractivity contribution in [3.63, 3.8) is 0 Å². The predicted molar refractivity (Wildman–Crippen MR) is 101 cm³/mol. The summed E-state index contributed by atoms with van der Waals surface area (Å²) in [5.41, 5.74) is 0. The minimum Gasteiger partial charge on any atom is -0.341 e. The second-order valence-electron chi connectivity index (χ2n) is 7.86. The highest BCUT2D eigenvalue weighted by atomic mass is 16.2. The molecule has 2 fully saturated rings. The van der Waals surface area contributed by atoms with Crippen molar-refractivity contribution in [3.8, 4) is 0 Å². The van der Waals surface area contributed by atoms with E-state index in [0.29, 0.717) is 24.4 Å². The van der Waals surface area contributed by atoms with Crippen LogP contribution in [0.5, 0.6) is 0 Å². The van der Waals surface area contributed by atoms with E-state index < -0.39 is 0 Å². The average molecular weight is 347 g/mol. The van der Waals surface area contributed by atoms with E-state index >= 15 is 0 Å². The van der Waals surface area contributed by atoms with E-state index in [1.54, 1.807) is 0 Å². The second kappa shape index (κ2) is 8.84. The number of imidazole rings is 1. The summed E-state index contributed by atoms with van der Waals surface area (Å²) in [7, 11) is 2.12. The van der Waals surface area contributed by atoms with Crippen molar-refractivity contribution >= 4 is 5.91 Å². The maximum absolute atomic E-state index is 12.8. The molecule has 0 N–H and O–H groups in total. The fourth-order valence-electron chi connectivity index (χ4n) is 4.40. The number of likely N-dealkylation sites (N-methyl/N-ethyl adjacent to an activating group) is 1. The lowest BCUT2D eigenvalue weighted by molar-refractivity contribution is -0.133. The van der Waals surface area contributed by atoms with Crippen LogP contribution in [-0.4, -0.2) is 58.0 Å². The van der Waals surface area contributed by atoms with Crippen LogP contribution in [0, 0.1) is 0 Å². The van der Waals surface area contributed by atoms with Gasteiger partial charge in [0.05, 0.1) is 6.54 Å². The number of hydrogen-bond donors (Lipinski definition) is 0. The number of hydrogen-bond acceptors (Lipinski definition) is 3. The molecule has 2 heterocycles. The van der Waals surface area contributed by atoms with Gasteiger partial charge in [0, 0.05) is 44.0 Å². The zero-order valence-corrected chi connectivity index (χ0v) is 16.0. The smallest absolute Gasteiger partial charge is 0.236 e. The van der Waals surface area contributed by atoms with Gasteiger partial charge in [-0.25, -0.2) is 4.98 Å². The van der Waals surface area contributed by atoms with E-state index in [1.165, 1.54) is 44.3 Å². The number of aryl methyl sites for hydroxylation is 1. The molecule has 1 atom stereocenters. The summed E-state index contributed by atoms with van der Waals surface area (Å²) >= 11 is 0. The number of aromatic nitrogens is 2. The number of amides is 1. The van der Waals surface area contributed by atoms with E-state index in [-0.39, 0.29) is 0 Å². The van der Waals surface area contributed by atoms with Gasteiger partial charge in [0.25, 0.3) is 0 Å². The van der Waals surface area contributed by atoms with Gasteiger partial charge in [0.2, 0.25) is 5.91 Å². The Bertz CT molecular complexity index is 550. The van der Waals surface area contributed by atoms with Gasteiger partial charge in [-0.1, -0.05) is 26.2 Å². The summed E-state index contributed by atoms with van der Waals surface area (Å²) in [6.07, 6.45) is 13.8. The van der Waals surface area contributed by atoms with Crippen LogP contribution in [0.25, 0.3) is 0 Å². The summed E-state index contributed by atoms with van der Waals surface area (Å²) in [6.45, 7) is 5.57. The molecule has 1 aliphatic heterocycles. The fourth-order valence-corrected chi connectivity index (χ4v) is 4.40. The number of carbonyl (C=O) groups excluding carboxylic acids is 1. The molecular weight excluding hydrogens is 312 g/mol. The van der Waals surface area contributed by atoms with Crippen molar-refractivity contribution in [2.45, 2.75) is 76.8 Å². The average Bonchev–Trinajstić information content (AvgIpc) is 3.31. The zero-order valence-electron chi connectivity index (χ0n) is 16.0. The van der Waals surface area contributed by atoms with Gasteiger partial charge in [-0.3, -0.25) is 9.69 Å². The molecule has 3 rings (SSSR count). The fraction of sp³-hybridized carbons (Fsp3) is 0.800. The molecule has 1 aromatic rings. The Morgan fingerprint density at radius 3 is 2.84 bits per heavy atom. The molecule has 0 spiro atoms. The molecule has 5 heteroatoms. The number of likely N-dealkylation sites (tertiary alicyclic amines) is 1. The molecule has 140 valence electrons. The first kappa shape index (κ1) is 18.4. The SMILES string of the molecule is CCCCn1ccnc1[C@@H]1CCCN(C(=O)CN(C)C2CCCC2)C1. The van der Waals surface area contributed by atoms with Gasteiger partial charge in [-0.2, -0.15) is 0 Å². The first-order valence-corrected chi connectivity index (χ1v) is 10.2. The maximum Gasteiger partial charge on any atom is 0.236 e. The Hall–Kier alpha value is -1.36. The lowest BCUT2D eigenvalue weighted by atomic mass is 9.97. The normalized spacial score (nSPS) is 22.0. The monoisotopic (exact) mass is 346 g/mol. The molecule has 1 saturated carbocycles. The van der Waals surface area contributed by atoms with E-state index in [1.807, 2.05) is 6.20 Å². The number of unbranched alkanes of at least 4 members (excludes halogenated alkanes) is 1. The summed E-state index contributed by atoms with van der Waals surface area (Å²) in [5, 5.41) is 0. The van der Waals surface area contributed by atoms with Crippen molar-refractivity contribution < 1.29 is 4.79 Å². The third-order valence-electron chi connectivity index (χ3n) is 5.97. The van der Waals surface area contributed by atoms with Crippen LogP contribution in [0.15, 0.2) is 12.4 Å². The van der Waals surface area contributed by atoms with Gasteiger partial charge in [-0.05, 0) is 39.2 Å². The van der Waals surface area contributed by atoms with Crippen molar-refractivity contribution in [3.05, 3.63) is 18.2 Å². The molecule has 0 aromatic carbocycles. The van der Waals surface area contributed by atoms with E-state index in [2.05, 4.69) is 39.5 Å². The van der Waals surface area contributed by atoms with E-state index in [4.69, 9.17) is 0 Å². The number of piperidine rings is 1. The Balaban J connectivity index is 1.57. The van der Waals surface area contributed by atoms with Gasteiger partial charge in [0.15, 0.2) is 0 Å². The number of rotatable bonds is 7. The Kier molecular flexibility index (Phi) is 6.51. The highest BCUT2D eigenvalue weighted by Crippen LogP contribution is 2.27. The van der Waals surface area contributed by atoms with Crippen LogP contribution < -0.4 is 0 Å². The molecule has 0 unspecified atom stereocenters. The quantitative estimate of drug-likeness (QED) is 0.761. The Morgan fingerprint density at radius 1 is 1.28 bits per heavy atom. The molecule has 0 radical (unpaired) electrons. The molecule has 25 heavy (non-hydrogen) atoms. The zero-order chi connectivity index (χ0) is 17.6. The summed E-state index contributed by atoms with van der Waals surface area (Å²) in [6, 6.07) is 0.609. The van der Waals surface area contributed by atoms with E-state index in [9.17, 15) is 4.79 Å². The van der Waals surface area contributed by atoms with Gasteiger partial charge < -0.3 is 9.47 Å². The maximum atomic E-state index is 12.8. The first-order valence-electron chi connectivity index (χ1n) is 10.2. The van der Waals surface area contributed by atoms with Gasteiger partial charge in [-0.15, -0.1) is 0 Å². The lowest BCUT2D eigenvalue weighted by Gasteiger charge is -2.34. The number of nitrogens with zero attached hydrogens (tertiary/aromatic N) is 4. The number of carbonyl (C=O) groups is 1. The molecule has 0 bridgehead atoms. The van der Waals surface area contributed by atoms with Crippen molar-refractivity contribution in [2.75, 3.05) is 26.7 Å². The predicted octanol–water partition coefficient (Wildman–Crippen LogP) is 3.26. The highest BCUT2D eigenvalue weighted by Gasteiger charge is 2.29. The molecule has 1 saturated heterocycles. The van der Waals surface area contributed by atoms with Crippen LogP contribution in [0.3, 0.4) is 0 Å². The first-order chi connectivity index (χ1) is 12.2. The lowest BCUT2D eigenvalue weighted by Crippen LogP contribution is -2.45. The molecule has 1 aromatic heterocycles. The van der Waals surface area contributed by atoms with Crippen LogP contribution in [0.4, 0.5) is 0 Å². The molecule has 2 aliphatic rings. The highest BCUT2D eigenvalue weighted by molar-refractivity contribution is 5.78. The summed E-state index contributed by atoms with van der Waals surface area (Å²) in [5.74, 6) is 1.86. The minimum absolute atomic E-state index is 0.297. The molecule has 1 amide bonds. The van der Waals surface area contributed by atoms with Crippen molar-refractivity contribution in [1.82, 2.24) is 19.4 Å². The topological polar surface area (TPSA) is 41.4 Å². The molecule has 1 aliphatic carbocycles. The standard InChI is InChI=1S/C20H34N4O/c1-3-4-12-23-14-11-21-20(23)17-8-7-13-24(15-17)19(25)16-22(2)18-9-5-6-10-18/h11,14,17-18H,3-10,12-13,15-16H2,1-2H3/t17-/m1/s1. The van der Waals surface area contributed by atoms with Crippen LogP contribution >= 0.6 is 0 Å². The molecule has 5 nitrogen and oxygen atoms in total. The summed E-state index contributed by atoms with van der Waals surface area (Å²) < 4.78 is 2.30. The van der Waals surface area contributed by atoms with Crippen LogP contribution in [0.1, 0.15) is 70.0 Å². The third-order valence-corrected chi connectivity index (χ3v) is 5.97. The minimum atomic E-state index is 0.297. The van der Waals surface area contributed by atoms with Gasteiger partial charge in [0.1, 0.15) is 5.82 Å². The largest absolute Gasteiger partial charge is 0.341 e.